The van der Waals surface area contributed by atoms with Crippen LogP contribution in [0.25, 0.3) is 0 Å². The van der Waals surface area contributed by atoms with E-state index < -0.39 is 23.7 Å². The van der Waals surface area contributed by atoms with Gasteiger partial charge in [0.15, 0.2) is 0 Å². The standard InChI is InChI=1S/C20H29FN2O4/c1-18(2)7-15(26-11-18)16(24)23-8-13(21)14(9-23)22-17(25)20-6-12(20)10-27-19(20)4-3-5-19/h12-15H,3-11H2,1-2H3,(H,22,25)/t12-,13+,14-,15?,20-/m0/s1. The summed E-state index contributed by atoms with van der Waals surface area (Å²) in [5, 5.41) is 2.94. The largest absolute Gasteiger partial charge is 0.374 e. The van der Waals surface area contributed by atoms with Crippen molar-refractivity contribution in [2.75, 3.05) is 26.3 Å². The molecule has 5 rings (SSSR count). The van der Waals surface area contributed by atoms with Crippen LogP contribution in [0, 0.1) is 16.7 Å². The molecule has 5 fully saturated rings. The van der Waals surface area contributed by atoms with E-state index in [1.165, 1.54) is 4.90 Å². The van der Waals surface area contributed by atoms with Gasteiger partial charge in [0.25, 0.3) is 5.91 Å². The highest BCUT2D eigenvalue weighted by molar-refractivity contribution is 5.89. The number of carbonyl (C=O) groups excluding carboxylic acids is 2. The summed E-state index contributed by atoms with van der Waals surface area (Å²) in [5.74, 6) is 0.0658. The van der Waals surface area contributed by atoms with E-state index in [2.05, 4.69) is 19.2 Å². The molecule has 2 saturated carbocycles. The van der Waals surface area contributed by atoms with Crippen molar-refractivity contribution in [1.29, 1.82) is 0 Å². The summed E-state index contributed by atoms with van der Waals surface area (Å²) in [5.41, 5.74) is -0.769. The predicted octanol–water partition coefficient (Wildman–Crippen LogP) is 1.43. The van der Waals surface area contributed by atoms with E-state index in [-0.39, 0.29) is 41.8 Å². The fourth-order valence-electron chi connectivity index (χ4n) is 5.74. The average Bonchev–Trinajstić information content (AvgIpc) is 2.86. The van der Waals surface area contributed by atoms with Crippen LogP contribution in [0.1, 0.15) is 46.0 Å². The molecule has 1 unspecified atom stereocenters. The maximum Gasteiger partial charge on any atom is 0.251 e. The highest BCUT2D eigenvalue weighted by Gasteiger charge is 2.77. The summed E-state index contributed by atoms with van der Waals surface area (Å²) in [4.78, 5) is 27.3. The van der Waals surface area contributed by atoms with E-state index in [0.717, 1.165) is 25.7 Å². The van der Waals surface area contributed by atoms with Gasteiger partial charge in [0, 0.05) is 12.5 Å². The van der Waals surface area contributed by atoms with Crippen LogP contribution in [-0.2, 0) is 19.1 Å². The van der Waals surface area contributed by atoms with Gasteiger partial charge in [-0.05, 0) is 37.5 Å². The predicted molar refractivity (Wildman–Crippen MR) is 94.6 cm³/mol. The number of ether oxygens (including phenoxy) is 2. The molecule has 0 aromatic carbocycles. The molecule has 7 heteroatoms. The van der Waals surface area contributed by atoms with Gasteiger partial charge in [-0.25, -0.2) is 4.39 Å². The van der Waals surface area contributed by atoms with Gasteiger partial charge in [-0.15, -0.1) is 0 Å². The van der Waals surface area contributed by atoms with Crippen molar-refractivity contribution in [1.82, 2.24) is 10.2 Å². The van der Waals surface area contributed by atoms with E-state index in [1.807, 2.05) is 0 Å². The highest BCUT2D eigenvalue weighted by Crippen LogP contribution is 2.71. The third-order valence-electron chi connectivity index (χ3n) is 7.61. The minimum atomic E-state index is -1.24. The molecule has 1 spiro atoms. The zero-order chi connectivity index (χ0) is 19.0. The first-order chi connectivity index (χ1) is 12.8. The first-order valence-corrected chi connectivity index (χ1v) is 10.3. The first kappa shape index (κ1) is 17.9. The Labute approximate surface area is 159 Å². The van der Waals surface area contributed by atoms with Crippen LogP contribution in [0.2, 0.25) is 0 Å². The second-order valence-corrected chi connectivity index (χ2v) is 10.0. The number of fused-ring (bicyclic) bond motifs is 2. The van der Waals surface area contributed by atoms with Crippen molar-refractivity contribution in [3.8, 4) is 0 Å². The van der Waals surface area contributed by atoms with Gasteiger partial charge >= 0.3 is 0 Å². The van der Waals surface area contributed by atoms with Crippen LogP contribution >= 0.6 is 0 Å². The quantitative estimate of drug-likeness (QED) is 0.804. The number of alkyl halides is 1. The molecule has 3 saturated heterocycles. The maximum absolute atomic E-state index is 14.6. The molecule has 27 heavy (non-hydrogen) atoms. The molecule has 0 bridgehead atoms. The van der Waals surface area contributed by atoms with Crippen molar-refractivity contribution in [3.63, 3.8) is 0 Å². The van der Waals surface area contributed by atoms with Crippen LogP contribution in [0.15, 0.2) is 0 Å². The normalized spacial score (nSPS) is 43.4. The Morgan fingerprint density at radius 2 is 1.96 bits per heavy atom. The molecule has 2 aliphatic carbocycles. The molecule has 150 valence electrons. The highest BCUT2D eigenvalue weighted by atomic mass is 19.1. The molecule has 3 aliphatic heterocycles. The molecule has 0 aromatic heterocycles. The Morgan fingerprint density at radius 1 is 1.19 bits per heavy atom. The lowest BCUT2D eigenvalue weighted by atomic mass is 9.68. The van der Waals surface area contributed by atoms with Gasteiger partial charge in [-0.2, -0.15) is 0 Å². The van der Waals surface area contributed by atoms with E-state index in [1.54, 1.807) is 0 Å². The third kappa shape index (κ3) is 2.50. The summed E-state index contributed by atoms with van der Waals surface area (Å²) >= 11 is 0. The zero-order valence-electron chi connectivity index (χ0n) is 16.1. The minimum absolute atomic E-state index is 0.0253. The number of halogens is 1. The fraction of sp³-hybridized carbons (Fsp3) is 0.900. The first-order valence-electron chi connectivity index (χ1n) is 10.3. The molecule has 6 nitrogen and oxygen atoms in total. The lowest BCUT2D eigenvalue weighted by Crippen LogP contribution is -2.55. The lowest BCUT2D eigenvalue weighted by molar-refractivity contribution is -0.150. The van der Waals surface area contributed by atoms with Gasteiger partial charge in [-0.1, -0.05) is 13.8 Å². The van der Waals surface area contributed by atoms with Gasteiger partial charge in [0.2, 0.25) is 5.91 Å². The number of likely N-dealkylation sites (tertiary alicyclic amines) is 1. The molecule has 3 heterocycles. The molecule has 1 N–H and O–H groups in total. The monoisotopic (exact) mass is 380 g/mol. The zero-order valence-corrected chi connectivity index (χ0v) is 16.1. The Kier molecular flexibility index (Phi) is 3.74. The second-order valence-electron chi connectivity index (χ2n) is 10.0. The Bertz CT molecular complexity index is 679. The third-order valence-corrected chi connectivity index (χ3v) is 7.61. The molecule has 0 radical (unpaired) electrons. The fourth-order valence-corrected chi connectivity index (χ4v) is 5.74. The van der Waals surface area contributed by atoms with Crippen molar-refractivity contribution in [2.45, 2.75) is 69.9 Å². The van der Waals surface area contributed by atoms with Gasteiger partial charge in [0.05, 0.1) is 36.8 Å². The van der Waals surface area contributed by atoms with Crippen LogP contribution < -0.4 is 5.32 Å². The molecule has 5 atom stereocenters. The summed E-state index contributed by atoms with van der Waals surface area (Å²) in [6.45, 7) is 5.58. The van der Waals surface area contributed by atoms with E-state index >= 15 is 0 Å². The molecular weight excluding hydrogens is 351 g/mol. The second kappa shape index (κ2) is 5.66. The number of carbonyl (C=O) groups is 2. The number of rotatable bonds is 3. The SMILES string of the molecule is CC1(C)COC(C(=O)N2C[C@@H](F)[C@@H](NC(=O)[C@]34C[C@H]3COC43CCC3)C2)C1. The number of nitrogens with zero attached hydrogens (tertiary/aromatic N) is 1. The Balaban J connectivity index is 1.22. The Hall–Kier alpha value is -1.21. The molecule has 2 amide bonds. The number of nitrogens with one attached hydrogen (secondary N) is 1. The van der Waals surface area contributed by atoms with Crippen molar-refractivity contribution >= 4 is 11.8 Å². The van der Waals surface area contributed by atoms with E-state index in [0.29, 0.717) is 19.6 Å². The molecular formula is C20H29FN2O4. The summed E-state index contributed by atoms with van der Waals surface area (Å²) in [6, 6.07) is -0.635. The van der Waals surface area contributed by atoms with Gasteiger partial charge in [-0.3, -0.25) is 9.59 Å². The smallest absolute Gasteiger partial charge is 0.251 e. The van der Waals surface area contributed by atoms with Crippen LogP contribution in [0.5, 0.6) is 0 Å². The molecule has 0 aromatic rings. The number of hydrogen-bond donors (Lipinski definition) is 1. The van der Waals surface area contributed by atoms with Crippen molar-refractivity contribution < 1.29 is 23.5 Å². The van der Waals surface area contributed by atoms with Crippen LogP contribution in [-0.4, -0.2) is 66.9 Å². The number of amides is 2. The van der Waals surface area contributed by atoms with Gasteiger partial charge < -0.3 is 19.7 Å². The van der Waals surface area contributed by atoms with Crippen molar-refractivity contribution in [2.24, 2.45) is 16.7 Å². The molecule has 5 aliphatic rings. The average molecular weight is 380 g/mol. The van der Waals surface area contributed by atoms with Crippen LogP contribution in [0.4, 0.5) is 4.39 Å². The topological polar surface area (TPSA) is 67.9 Å². The van der Waals surface area contributed by atoms with Crippen molar-refractivity contribution in [3.05, 3.63) is 0 Å². The lowest BCUT2D eigenvalue weighted by Gasteiger charge is -2.44. The van der Waals surface area contributed by atoms with E-state index in [4.69, 9.17) is 9.47 Å². The maximum atomic E-state index is 14.6. The number of hydrogen-bond acceptors (Lipinski definition) is 4. The summed E-state index contributed by atoms with van der Waals surface area (Å²) in [7, 11) is 0. The minimum Gasteiger partial charge on any atom is -0.374 e. The van der Waals surface area contributed by atoms with Gasteiger partial charge in [0.1, 0.15) is 12.3 Å². The summed E-state index contributed by atoms with van der Waals surface area (Å²) in [6.07, 6.45) is 2.74. The summed E-state index contributed by atoms with van der Waals surface area (Å²) < 4.78 is 26.2. The van der Waals surface area contributed by atoms with Crippen LogP contribution in [0.3, 0.4) is 0 Å². The van der Waals surface area contributed by atoms with E-state index in [9.17, 15) is 14.0 Å². The Morgan fingerprint density at radius 3 is 2.56 bits per heavy atom.